The van der Waals surface area contributed by atoms with E-state index in [0.717, 1.165) is 16.6 Å². The molecule has 1 aliphatic rings. The highest BCUT2D eigenvalue weighted by Gasteiger charge is 2.24. The van der Waals surface area contributed by atoms with Gasteiger partial charge in [-0.2, -0.15) is 12.7 Å². The monoisotopic (exact) mass is 285 g/mol. The third-order valence-corrected chi connectivity index (χ3v) is 4.49. The van der Waals surface area contributed by atoms with Crippen molar-refractivity contribution in [2.45, 2.75) is 13.1 Å². The number of hydrogen-bond donors (Lipinski definition) is 1. The Labute approximate surface area is 110 Å². The SMILES string of the molecule is NS(=O)(=O)N1CCn2c(cc3ccc(Cl)cc32)C1. The zero-order chi connectivity index (χ0) is 12.9. The quantitative estimate of drug-likeness (QED) is 0.858. The summed E-state index contributed by atoms with van der Waals surface area (Å²) in [5.74, 6) is 0. The van der Waals surface area contributed by atoms with Crippen LogP contribution in [-0.2, 0) is 23.3 Å². The van der Waals surface area contributed by atoms with Crippen molar-refractivity contribution in [3.63, 3.8) is 0 Å². The Morgan fingerprint density at radius 1 is 1.22 bits per heavy atom. The third kappa shape index (κ3) is 1.91. The smallest absolute Gasteiger partial charge is 0.277 e. The van der Waals surface area contributed by atoms with Crippen LogP contribution in [0.15, 0.2) is 24.3 Å². The number of fused-ring (bicyclic) bond motifs is 3. The first-order chi connectivity index (χ1) is 8.45. The van der Waals surface area contributed by atoms with Gasteiger partial charge in [0, 0.05) is 34.7 Å². The van der Waals surface area contributed by atoms with Gasteiger partial charge in [-0.3, -0.25) is 0 Å². The van der Waals surface area contributed by atoms with E-state index < -0.39 is 10.2 Å². The van der Waals surface area contributed by atoms with Crippen LogP contribution in [0, 0.1) is 0 Å². The average molecular weight is 286 g/mol. The van der Waals surface area contributed by atoms with Crippen LogP contribution in [-0.4, -0.2) is 23.8 Å². The third-order valence-electron chi connectivity index (χ3n) is 3.22. The van der Waals surface area contributed by atoms with Crippen LogP contribution < -0.4 is 5.14 Å². The molecule has 1 aromatic heterocycles. The molecule has 0 bridgehead atoms. The summed E-state index contributed by atoms with van der Waals surface area (Å²) in [6.07, 6.45) is 0. The first-order valence-electron chi connectivity index (χ1n) is 5.51. The summed E-state index contributed by atoms with van der Waals surface area (Å²) in [4.78, 5) is 0. The van der Waals surface area contributed by atoms with Crippen molar-refractivity contribution in [1.29, 1.82) is 0 Å². The van der Waals surface area contributed by atoms with Gasteiger partial charge >= 0.3 is 0 Å². The van der Waals surface area contributed by atoms with Gasteiger partial charge in [0.25, 0.3) is 10.2 Å². The average Bonchev–Trinajstić information content (AvgIpc) is 2.65. The molecule has 0 fully saturated rings. The molecule has 2 aromatic rings. The molecule has 0 saturated carbocycles. The van der Waals surface area contributed by atoms with E-state index in [1.807, 2.05) is 24.3 Å². The van der Waals surface area contributed by atoms with Crippen LogP contribution in [0.2, 0.25) is 5.02 Å². The number of rotatable bonds is 1. The number of nitrogens with two attached hydrogens (primary N) is 1. The van der Waals surface area contributed by atoms with Crippen LogP contribution in [0.4, 0.5) is 0 Å². The van der Waals surface area contributed by atoms with Crippen LogP contribution in [0.25, 0.3) is 10.9 Å². The lowest BCUT2D eigenvalue weighted by Crippen LogP contribution is -2.41. The molecule has 2 heterocycles. The van der Waals surface area contributed by atoms with E-state index in [-0.39, 0.29) is 0 Å². The van der Waals surface area contributed by atoms with E-state index in [2.05, 4.69) is 4.57 Å². The minimum absolute atomic E-state index is 0.311. The van der Waals surface area contributed by atoms with E-state index in [4.69, 9.17) is 16.7 Å². The number of nitrogens with zero attached hydrogens (tertiary/aromatic N) is 2. The summed E-state index contributed by atoms with van der Waals surface area (Å²) in [6.45, 7) is 1.29. The Balaban J connectivity index is 2.10. The minimum Gasteiger partial charge on any atom is -0.342 e. The summed E-state index contributed by atoms with van der Waals surface area (Å²) in [7, 11) is -3.62. The predicted molar refractivity (Wildman–Crippen MR) is 70.5 cm³/mol. The summed E-state index contributed by atoms with van der Waals surface area (Å²) >= 11 is 5.98. The van der Waals surface area contributed by atoms with Gasteiger partial charge in [-0.1, -0.05) is 17.7 Å². The highest BCUT2D eigenvalue weighted by molar-refractivity contribution is 7.86. The van der Waals surface area contributed by atoms with E-state index >= 15 is 0 Å². The molecular weight excluding hydrogens is 274 g/mol. The Morgan fingerprint density at radius 3 is 2.72 bits per heavy atom. The fourth-order valence-electron chi connectivity index (χ4n) is 2.37. The lowest BCUT2D eigenvalue weighted by atomic mass is 10.2. The van der Waals surface area contributed by atoms with Crippen LogP contribution in [0.1, 0.15) is 5.69 Å². The van der Waals surface area contributed by atoms with Crippen molar-refractivity contribution in [1.82, 2.24) is 8.87 Å². The zero-order valence-electron chi connectivity index (χ0n) is 9.51. The predicted octanol–water partition coefficient (Wildman–Crippen LogP) is 1.31. The van der Waals surface area contributed by atoms with Gasteiger partial charge < -0.3 is 4.57 Å². The molecule has 5 nitrogen and oxygen atoms in total. The maximum Gasteiger partial charge on any atom is 0.277 e. The molecule has 0 aliphatic carbocycles. The fraction of sp³-hybridized carbons (Fsp3) is 0.273. The van der Waals surface area contributed by atoms with Crippen molar-refractivity contribution < 1.29 is 8.42 Å². The van der Waals surface area contributed by atoms with Crippen molar-refractivity contribution in [3.8, 4) is 0 Å². The standard InChI is InChI=1S/C11H12ClN3O2S/c12-9-2-1-8-5-10-7-14(18(13,16)17)3-4-15(10)11(8)6-9/h1-2,5-6H,3-4,7H2,(H2,13,16,17). The Kier molecular flexibility index (Phi) is 2.63. The minimum atomic E-state index is -3.62. The first-order valence-corrected chi connectivity index (χ1v) is 7.39. The second kappa shape index (κ2) is 3.96. The van der Waals surface area contributed by atoms with Crippen LogP contribution >= 0.6 is 11.6 Å². The Morgan fingerprint density at radius 2 is 2.00 bits per heavy atom. The van der Waals surface area contributed by atoms with Gasteiger partial charge in [-0.05, 0) is 18.2 Å². The summed E-state index contributed by atoms with van der Waals surface area (Å²) in [6, 6.07) is 7.63. The molecule has 0 amide bonds. The van der Waals surface area contributed by atoms with Gasteiger partial charge in [-0.25, -0.2) is 5.14 Å². The van der Waals surface area contributed by atoms with Gasteiger partial charge in [0.15, 0.2) is 0 Å². The largest absolute Gasteiger partial charge is 0.342 e. The van der Waals surface area contributed by atoms with Gasteiger partial charge in [-0.15, -0.1) is 0 Å². The van der Waals surface area contributed by atoms with Gasteiger partial charge in [0.05, 0.1) is 6.54 Å². The normalized spacial score (nSPS) is 17.0. The molecule has 18 heavy (non-hydrogen) atoms. The van der Waals surface area contributed by atoms with Crippen molar-refractivity contribution in [2.75, 3.05) is 6.54 Å². The lowest BCUT2D eigenvalue weighted by molar-refractivity contribution is 0.346. The maximum absolute atomic E-state index is 11.3. The van der Waals surface area contributed by atoms with E-state index in [1.165, 1.54) is 4.31 Å². The molecule has 7 heteroatoms. The molecule has 0 atom stereocenters. The lowest BCUT2D eigenvalue weighted by Gasteiger charge is -2.26. The maximum atomic E-state index is 11.3. The second-order valence-corrected chi connectivity index (χ2v) is 6.35. The molecule has 0 unspecified atom stereocenters. The zero-order valence-corrected chi connectivity index (χ0v) is 11.1. The highest BCUT2D eigenvalue weighted by Crippen LogP contribution is 2.27. The summed E-state index contributed by atoms with van der Waals surface area (Å²) < 4.78 is 26.0. The first kappa shape index (κ1) is 12.0. The molecule has 0 saturated heterocycles. The fourth-order valence-corrected chi connectivity index (χ4v) is 3.18. The van der Waals surface area contributed by atoms with Crippen molar-refractivity contribution in [3.05, 3.63) is 35.0 Å². The molecule has 0 radical (unpaired) electrons. The van der Waals surface area contributed by atoms with Crippen LogP contribution in [0.3, 0.4) is 0 Å². The summed E-state index contributed by atoms with van der Waals surface area (Å²) in [5.41, 5.74) is 1.97. The second-order valence-electron chi connectivity index (χ2n) is 4.37. The van der Waals surface area contributed by atoms with Crippen molar-refractivity contribution in [2.24, 2.45) is 5.14 Å². The number of aromatic nitrogens is 1. The molecule has 2 N–H and O–H groups in total. The molecular formula is C11H12ClN3O2S. The summed E-state index contributed by atoms with van der Waals surface area (Å²) in [5, 5.41) is 6.89. The topological polar surface area (TPSA) is 68.3 Å². The number of halogens is 1. The Hall–Kier alpha value is -1.08. The number of hydrogen-bond acceptors (Lipinski definition) is 2. The number of benzene rings is 1. The molecule has 1 aromatic carbocycles. The van der Waals surface area contributed by atoms with Gasteiger partial charge in [0.1, 0.15) is 0 Å². The molecule has 1 aliphatic heterocycles. The Bertz CT molecular complexity index is 723. The molecule has 0 spiro atoms. The van der Waals surface area contributed by atoms with E-state index in [0.29, 0.717) is 24.7 Å². The molecule has 96 valence electrons. The highest BCUT2D eigenvalue weighted by atomic mass is 35.5. The van der Waals surface area contributed by atoms with Crippen molar-refractivity contribution >= 4 is 32.7 Å². The van der Waals surface area contributed by atoms with E-state index in [9.17, 15) is 8.42 Å². The van der Waals surface area contributed by atoms with E-state index in [1.54, 1.807) is 0 Å². The van der Waals surface area contributed by atoms with Crippen LogP contribution in [0.5, 0.6) is 0 Å². The van der Waals surface area contributed by atoms with Gasteiger partial charge in [0.2, 0.25) is 0 Å². The molecule has 3 rings (SSSR count).